The lowest BCUT2D eigenvalue weighted by atomic mass is 9.96. The number of aryl methyl sites for hydroxylation is 7. The van der Waals surface area contributed by atoms with Gasteiger partial charge in [0.2, 0.25) is 0 Å². The average Bonchev–Trinajstić information content (AvgIpc) is 1.61. The van der Waals surface area contributed by atoms with E-state index >= 15 is 0 Å². The quantitative estimate of drug-likeness (QED) is 0.0383. The first kappa shape index (κ1) is 98.3. The van der Waals surface area contributed by atoms with Gasteiger partial charge in [0.15, 0.2) is 34.9 Å². The van der Waals surface area contributed by atoms with E-state index in [2.05, 4.69) is 104 Å². The van der Waals surface area contributed by atoms with E-state index in [1.165, 1.54) is 40.2 Å². The van der Waals surface area contributed by atoms with Crippen molar-refractivity contribution in [3.63, 3.8) is 0 Å². The molecule has 20 rings (SSSR count). The number of aromatic nitrogens is 13. The van der Waals surface area contributed by atoms with Crippen molar-refractivity contribution < 1.29 is 56.8 Å². The van der Waals surface area contributed by atoms with Crippen molar-refractivity contribution in [2.45, 2.75) is 146 Å². The Hall–Kier alpha value is -15.3. The number of hydrogen-bond donors (Lipinski definition) is 4. The third-order valence-corrected chi connectivity index (χ3v) is 29.8. The van der Waals surface area contributed by atoms with Gasteiger partial charge in [-0.1, -0.05) is 96.5 Å². The Balaban J connectivity index is 0.000000130. The number of rotatable bonds is 21. The number of nitriles is 1. The van der Waals surface area contributed by atoms with E-state index in [4.69, 9.17) is 45.8 Å². The summed E-state index contributed by atoms with van der Waals surface area (Å²) < 4.78 is 64.6. The van der Waals surface area contributed by atoms with Gasteiger partial charge in [-0.2, -0.15) is 5.26 Å². The summed E-state index contributed by atoms with van der Waals surface area (Å²) in [6, 6.07) is 49.9. The van der Waals surface area contributed by atoms with Crippen molar-refractivity contribution in [2.24, 2.45) is 20.0 Å². The number of aliphatic imine (C=N–C) groups is 4. The molecule has 0 radical (unpaired) electrons. The van der Waals surface area contributed by atoms with E-state index in [0.717, 1.165) is 149 Å². The van der Waals surface area contributed by atoms with Crippen molar-refractivity contribution in [1.29, 1.82) is 5.26 Å². The minimum absolute atomic E-state index is 0.0419. The first-order chi connectivity index (χ1) is 68.4. The molecule has 4 aliphatic heterocycles. The van der Waals surface area contributed by atoms with Crippen molar-refractivity contribution in [3.05, 3.63) is 349 Å². The predicted molar refractivity (Wildman–Crippen MR) is 542 cm³/mol. The first-order valence-electron chi connectivity index (χ1n) is 45.2. The van der Waals surface area contributed by atoms with Gasteiger partial charge in [0.1, 0.15) is 90.5 Å². The van der Waals surface area contributed by atoms with Crippen molar-refractivity contribution in [1.82, 2.24) is 64.0 Å². The van der Waals surface area contributed by atoms with Crippen LogP contribution in [0.25, 0.3) is 31.1 Å². The van der Waals surface area contributed by atoms with E-state index in [1.807, 2.05) is 149 Å². The fourth-order valence-corrected chi connectivity index (χ4v) is 22.2. The Morgan fingerprint density at radius 1 is 0.451 bits per heavy atom. The maximum Gasteiger partial charge on any atom is 0.308 e. The number of carbonyl (C=O) groups excluding carboxylic acids is 4. The maximum atomic E-state index is 14.1. The third-order valence-electron chi connectivity index (χ3n) is 24.7. The maximum absolute atomic E-state index is 14.1. The lowest BCUT2D eigenvalue weighted by Crippen LogP contribution is -2.13. The Morgan fingerprint density at radius 2 is 0.845 bits per heavy atom. The summed E-state index contributed by atoms with van der Waals surface area (Å²) in [5.74, 6) is 1.28. The molecular weight excluding hydrogens is 1910 g/mol. The van der Waals surface area contributed by atoms with Crippen LogP contribution >= 0.6 is 56.9 Å². The minimum atomic E-state index is -1.06. The molecule has 9 aromatic heterocycles. The SMILES string of the molecule is CCOC(=O)C[C@@H]1N=C(c2ccc(Nc3cccnc3)cc2)c2c(sc(C)c2C)-n2c(C)nnc21.COC(=O)C[C@@H]1N=C(c2ccc(-c3cccc(C#N)c3)cc2)c2c(sc(C)c2C)-n2c(C)nnc21.COC(=O)C[C@@H]1N=C(c2ccc(Nc3c(F)cc(F)cc3F)cc2)c2c(sc(CO)c2C)-n2c(C)nnc21.Cc1sc2c(c1C)C(c1ccc(Cl)cc1)=N[C@@H](CC(=O)Cc1ccc(O)cc1)c1nnc(C)n1-2. The number of ether oxygens (including phenoxy) is 3. The lowest BCUT2D eigenvalue weighted by Gasteiger charge is -2.13. The summed E-state index contributed by atoms with van der Waals surface area (Å²) in [6.07, 6.45) is 4.09. The Labute approximate surface area is 835 Å². The van der Waals surface area contributed by atoms with Crippen molar-refractivity contribution >= 4 is 126 Å². The molecule has 16 aromatic rings. The second-order valence-corrected chi connectivity index (χ2v) is 39.1. The number of aliphatic hydroxyl groups is 1. The molecule has 0 amide bonds. The number of phenols is 1. The number of thiophene rings is 4. The topological polar surface area (TPSA) is 369 Å². The van der Waals surface area contributed by atoms with Gasteiger partial charge in [0, 0.05) is 112 Å². The van der Waals surface area contributed by atoms with E-state index < -0.39 is 53.3 Å². The zero-order chi connectivity index (χ0) is 100. The standard InChI is InChI=1S/C27H23N5O2S.C26H23ClN4O2S.C26H22F3N5O3S.C26H26N6O2S/c1-15-16(2)35-27-24(15)25(29-22(13-23(33)34-4)26-31-30-17(3)32(26)27)20-10-8-19(9-11-20)21-7-5-6-18(12-21)14-28;1-14-15(2)34-26-23(14)24(18-6-8-19(27)9-7-18)28-22(25-30-29-16(3)31(25)26)13-21(33)12-17-4-10-20(32)11-5-17;1-12-20(11-35)38-26-22(12)23(31-19(10-21(36)37-3)25-33-32-13(2)34(25)26)14-4-6-16(7-5-14)30-24-17(28)8-15(27)9-18(24)29;1-5-34-22(33)13-21-25-31-30-17(4)32(25)26-23(15(2)16(3)35-26)24(29-21)18-8-10-19(11-9-18)28-20-7-6-12-27-14-20/h5-12,22H,13H2,1-4H3;4-11,22,32H,12-13H2,1-3H3;4-9,19,30,35H,10-11H2,1-3H3;6-12,14,21,28H,5,13H2,1-4H3/t2*22-;19-;21-/m0000/s1. The molecule has 4 aliphatic rings. The molecule has 4 atom stereocenters. The number of Topliss-reactive ketones (excluding diaryl/α,β-unsaturated/α-hetero) is 1. The van der Waals surface area contributed by atoms with E-state index in [-0.39, 0.29) is 62.2 Å². The zero-order valence-corrected chi connectivity index (χ0v) is 83.5. The Morgan fingerprint density at radius 3 is 1.25 bits per heavy atom. The molecule has 0 saturated carbocycles. The number of ketones is 1. The number of hydrogen-bond acceptors (Lipinski definition) is 29. The minimum Gasteiger partial charge on any atom is -0.508 e. The number of esters is 3. The largest absolute Gasteiger partial charge is 0.508 e. The van der Waals surface area contributed by atoms with Crippen LogP contribution < -0.4 is 10.6 Å². The van der Waals surface area contributed by atoms with Crippen LogP contribution in [0, 0.1) is 105 Å². The molecule has 0 unspecified atom stereocenters. The highest BCUT2D eigenvalue weighted by Crippen LogP contribution is 2.47. The third kappa shape index (κ3) is 20.2. The van der Waals surface area contributed by atoms with E-state index in [9.17, 15) is 47.8 Å². The molecule has 142 heavy (non-hydrogen) atoms. The highest BCUT2D eigenvalue weighted by Gasteiger charge is 2.39. The molecular formula is C105H94ClF3N20O9S4. The van der Waals surface area contributed by atoms with Crippen LogP contribution in [0.2, 0.25) is 5.02 Å². The monoisotopic (exact) mass is 2000 g/mol. The number of fused-ring (bicyclic) bond motifs is 12. The van der Waals surface area contributed by atoms with Gasteiger partial charge in [-0.15, -0.1) is 86.1 Å². The molecule has 7 aromatic carbocycles. The smallest absolute Gasteiger partial charge is 0.308 e. The number of nitrogens with zero attached hydrogens (tertiary/aromatic N) is 18. The number of aliphatic hydroxyl groups excluding tert-OH is 1. The Bertz CT molecular complexity index is 7720. The zero-order valence-electron chi connectivity index (χ0n) is 79.5. The molecule has 37 heteroatoms. The summed E-state index contributed by atoms with van der Waals surface area (Å²) in [4.78, 5) is 78.9. The number of phenolic OH excluding ortho intramolecular Hbond substituents is 1. The molecule has 0 fully saturated rings. The van der Waals surface area contributed by atoms with Crippen molar-refractivity contribution in [3.8, 4) is 42.9 Å². The number of halogens is 4. The molecule has 29 nitrogen and oxygen atoms in total. The number of pyridine rings is 1. The molecule has 0 aliphatic carbocycles. The number of nitrogens with one attached hydrogen (secondary N) is 2. The average molecular weight is 2000 g/mol. The lowest BCUT2D eigenvalue weighted by molar-refractivity contribution is -0.144. The molecule has 13 heterocycles. The van der Waals surface area contributed by atoms with E-state index in [0.29, 0.717) is 75.4 Å². The first-order valence-corrected chi connectivity index (χ1v) is 48.8. The number of aromatic hydroxyl groups is 1. The highest BCUT2D eigenvalue weighted by atomic mass is 35.5. The summed E-state index contributed by atoms with van der Waals surface area (Å²) in [5.41, 5.74) is 20.0. The van der Waals surface area contributed by atoms with Gasteiger partial charge in [0.05, 0.1) is 93.1 Å². The fraction of sp³-hybridized carbons (Fsp3) is 0.238. The molecule has 720 valence electrons. The molecule has 4 N–H and O–H groups in total. The van der Waals surface area contributed by atoms with Gasteiger partial charge in [-0.3, -0.25) is 62.4 Å². The van der Waals surface area contributed by atoms with Gasteiger partial charge in [0.25, 0.3) is 0 Å². The van der Waals surface area contributed by atoms with Crippen LogP contribution in [0.15, 0.2) is 202 Å². The normalized spacial score (nSPS) is 14.5. The van der Waals surface area contributed by atoms with Crippen LogP contribution in [-0.2, 0) is 46.4 Å². The second-order valence-electron chi connectivity index (χ2n) is 33.9. The van der Waals surface area contributed by atoms with E-state index in [1.54, 1.807) is 115 Å². The van der Waals surface area contributed by atoms with Crippen LogP contribution in [0.4, 0.5) is 35.9 Å². The summed E-state index contributed by atoms with van der Waals surface area (Å²) in [6.45, 7) is 24.0. The van der Waals surface area contributed by atoms with Crippen LogP contribution in [0.3, 0.4) is 0 Å². The van der Waals surface area contributed by atoms with Gasteiger partial charge in [-0.25, -0.2) is 13.2 Å². The number of anilines is 4. The summed E-state index contributed by atoms with van der Waals surface area (Å²) >= 11 is 12.6. The summed E-state index contributed by atoms with van der Waals surface area (Å²) in [5, 5.41) is 73.9. The molecule has 0 spiro atoms. The van der Waals surface area contributed by atoms with Gasteiger partial charge >= 0.3 is 17.9 Å². The number of benzene rings is 7. The van der Waals surface area contributed by atoms with Crippen LogP contribution in [0.5, 0.6) is 5.75 Å². The van der Waals surface area contributed by atoms with Gasteiger partial charge in [-0.05, 0) is 195 Å². The molecule has 0 bridgehead atoms. The predicted octanol–water partition coefficient (Wildman–Crippen LogP) is 21.2. The summed E-state index contributed by atoms with van der Waals surface area (Å²) in [7, 11) is 2.68. The number of carbonyl (C=O) groups is 4. The second kappa shape index (κ2) is 42.0. The number of methoxy groups -OCH3 is 2. The van der Waals surface area contributed by atoms with Crippen LogP contribution in [0.1, 0.15) is 201 Å². The van der Waals surface area contributed by atoms with Crippen LogP contribution in [-0.4, -0.2) is 142 Å². The Kier molecular flexibility index (Phi) is 29.1. The fourth-order valence-electron chi connectivity index (χ4n) is 17.2. The van der Waals surface area contributed by atoms with Gasteiger partial charge < -0.3 is 35.1 Å². The van der Waals surface area contributed by atoms with Crippen molar-refractivity contribution in [2.75, 3.05) is 31.5 Å². The molecule has 0 saturated heterocycles. The highest BCUT2D eigenvalue weighted by molar-refractivity contribution is 7.16.